The lowest BCUT2D eigenvalue weighted by molar-refractivity contribution is 0.286. The molecule has 0 spiro atoms. The second kappa shape index (κ2) is 6.90. The summed E-state index contributed by atoms with van der Waals surface area (Å²) < 4.78 is 1.89. The van der Waals surface area contributed by atoms with Crippen LogP contribution in [-0.4, -0.2) is 38.8 Å². The van der Waals surface area contributed by atoms with E-state index < -0.39 is 0 Å². The summed E-state index contributed by atoms with van der Waals surface area (Å²) in [6, 6.07) is 0. The number of amidine groups is 1. The lowest BCUT2D eigenvalue weighted by atomic mass is 10.3. The quantitative estimate of drug-likeness (QED) is 0.320. The number of rotatable bonds is 7. The topological polar surface area (TPSA) is 79.7 Å². The van der Waals surface area contributed by atoms with Crippen molar-refractivity contribution in [1.29, 1.82) is 0 Å². The van der Waals surface area contributed by atoms with Crippen molar-refractivity contribution in [3.05, 3.63) is 18.0 Å². The van der Waals surface area contributed by atoms with Crippen LogP contribution in [0.3, 0.4) is 0 Å². The molecule has 96 valence electrons. The zero-order valence-electron chi connectivity index (χ0n) is 10.5. The van der Waals surface area contributed by atoms with Crippen molar-refractivity contribution >= 4 is 5.84 Å². The number of aromatic nitrogens is 2. The second-order valence-electron chi connectivity index (χ2n) is 4.01. The Bertz CT molecular complexity index is 360. The van der Waals surface area contributed by atoms with Gasteiger partial charge >= 0.3 is 0 Å². The Labute approximate surface area is 102 Å². The highest BCUT2D eigenvalue weighted by molar-refractivity contribution is 5.81. The molecule has 0 saturated heterocycles. The van der Waals surface area contributed by atoms with Crippen LogP contribution < -0.4 is 5.73 Å². The Morgan fingerprint density at radius 1 is 1.59 bits per heavy atom. The summed E-state index contributed by atoms with van der Waals surface area (Å²) in [6.45, 7) is 7.18. The van der Waals surface area contributed by atoms with Gasteiger partial charge in [0.25, 0.3) is 0 Å². The number of hydrogen-bond acceptors (Lipinski definition) is 4. The highest BCUT2D eigenvalue weighted by Crippen LogP contribution is 2.04. The van der Waals surface area contributed by atoms with E-state index in [1.54, 1.807) is 0 Å². The van der Waals surface area contributed by atoms with Crippen LogP contribution in [-0.2, 0) is 13.1 Å². The van der Waals surface area contributed by atoms with Crippen LogP contribution in [0.4, 0.5) is 0 Å². The standard InChI is InChI=1S/C11H21N5O/c1-3-5-15(9-11(12)14-17)7-10-6-13-16(4-2)8-10/h6,8,17H,3-5,7,9H2,1-2H3,(H2,12,14). The molecule has 1 rings (SSSR count). The van der Waals surface area contributed by atoms with Gasteiger partial charge in [-0.3, -0.25) is 9.58 Å². The molecule has 0 unspecified atom stereocenters. The van der Waals surface area contributed by atoms with Gasteiger partial charge in [0.05, 0.1) is 12.7 Å². The van der Waals surface area contributed by atoms with E-state index in [0.29, 0.717) is 6.54 Å². The highest BCUT2D eigenvalue weighted by Gasteiger charge is 2.08. The molecule has 0 aliphatic heterocycles. The van der Waals surface area contributed by atoms with Crippen LogP contribution in [0, 0.1) is 0 Å². The second-order valence-corrected chi connectivity index (χ2v) is 4.01. The molecule has 0 aliphatic rings. The molecule has 0 fully saturated rings. The summed E-state index contributed by atoms with van der Waals surface area (Å²) in [4.78, 5) is 2.13. The summed E-state index contributed by atoms with van der Waals surface area (Å²) in [7, 11) is 0. The zero-order valence-corrected chi connectivity index (χ0v) is 10.5. The molecule has 0 amide bonds. The van der Waals surface area contributed by atoms with Gasteiger partial charge in [0.2, 0.25) is 0 Å². The van der Waals surface area contributed by atoms with Gasteiger partial charge in [-0.15, -0.1) is 0 Å². The van der Waals surface area contributed by atoms with E-state index in [1.807, 2.05) is 17.1 Å². The van der Waals surface area contributed by atoms with Crippen molar-refractivity contribution in [2.24, 2.45) is 10.9 Å². The Hall–Kier alpha value is -1.56. The number of hydrogen-bond donors (Lipinski definition) is 2. The first kappa shape index (κ1) is 13.5. The van der Waals surface area contributed by atoms with Gasteiger partial charge in [-0.2, -0.15) is 5.10 Å². The van der Waals surface area contributed by atoms with Crippen LogP contribution in [0.25, 0.3) is 0 Å². The third-order valence-electron chi connectivity index (χ3n) is 2.47. The lowest BCUT2D eigenvalue weighted by Crippen LogP contribution is -2.34. The van der Waals surface area contributed by atoms with Gasteiger partial charge in [0.15, 0.2) is 5.84 Å². The van der Waals surface area contributed by atoms with E-state index in [-0.39, 0.29) is 5.84 Å². The number of nitrogens with zero attached hydrogens (tertiary/aromatic N) is 4. The average molecular weight is 239 g/mol. The molecule has 0 aromatic carbocycles. The van der Waals surface area contributed by atoms with Gasteiger partial charge in [-0.05, 0) is 19.9 Å². The fraction of sp³-hybridized carbons (Fsp3) is 0.636. The Morgan fingerprint density at radius 2 is 2.35 bits per heavy atom. The van der Waals surface area contributed by atoms with Gasteiger partial charge in [-0.25, -0.2) is 0 Å². The van der Waals surface area contributed by atoms with E-state index in [0.717, 1.165) is 31.6 Å². The van der Waals surface area contributed by atoms with Gasteiger partial charge in [0, 0.05) is 24.8 Å². The monoisotopic (exact) mass is 239 g/mol. The van der Waals surface area contributed by atoms with Crippen molar-refractivity contribution in [2.75, 3.05) is 13.1 Å². The minimum Gasteiger partial charge on any atom is -0.409 e. The van der Waals surface area contributed by atoms with Crippen LogP contribution in [0.2, 0.25) is 0 Å². The first-order valence-electron chi connectivity index (χ1n) is 5.89. The van der Waals surface area contributed by atoms with Crippen LogP contribution >= 0.6 is 0 Å². The van der Waals surface area contributed by atoms with Crippen molar-refractivity contribution in [3.63, 3.8) is 0 Å². The summed E-state index contributed by atoms with van der Waals surface area (Å²) in [5.41, 5.74) is 6.67. The summed E-state index contributed by atoms with van der Waals surface area (Å²) in [5, 5.41) is 15.8. The molecule has 6 nitrogen and oxygen atoms in total. The van der Waals surface area contributed by atoms with E-state index >= 15 is 0 Å². The SMILES string of the molecule is CCCN(CC(N)=NO)Cc1cnn(CC)c1. The largest absolute Gasteiger partial charge is 0.409 e. The molecule has 0 saturated carbocycles. The maximum absolute atomic E-state index is 8.58. The predicted molar refractivity (Wildman–Crippen MR) is 66.9 cm³/mol. The van der Waals surface area contributed by atoms with Crippen molar-refractivity contribution in [3.8, 4) is 0 Å². The molecule has 1 aromatic heterocycles. The molecule has 0 radical (unpaired) electrons. The van der Waals surface area contributed by atoms with Gasteiger partial charge in [-0.1, -0.05) is 12.1 Å². The molecule has 6 heteroatoms. The maximum Gasteiger partial charge on any atom is 0.153 e. The first-order valence-corrected chi connectivity index (χ1v) is 5.89. The molecule has 0 bridgehead atoms. The van der Waals surface area contributed by atoms with Crippen molar-refractivity contribution < 1.29 is 5.21 Å². The third-order valence-corrected chi connectivity index (χ3v) is 2.47. The fourth-order valence-corrected chi connectivity index (χ4v) is 1.71. The van der Waals surface area contributed by atoms with Gasteiger partial charge < -0.3 is 10.9 Å². The lowest BCUT2D eigenvalue weighted by Gasteiger charge is -2.19. The molecule has 17 heavy (non-hydrogen) atoms. The summed E-state index contributed by atoms with van der Waals surface area (Å²) in [5.74, 6) is 0.237. The Morgan fingerprint density at radius 3 is 2.88 bits per heavy atom. The van der Waals surface area contributed by atoms with Crippen LogP contribution in [0.5, 0.6) is 0 Å². The minimum atomic E-state index is 0.237. The molecule has 0 aliphatic carbocycles. The smallest absolute Gasteiger partial charge is 0.153 e. The zero-order chi connectivity index (χ0) is 12.7. The normalized spacial score (nSPS) is 12.3. The van der Waals surface area contributed by atoms with Crippen LogP contribution in [0.15, 0.2) is 17.5 Å². The Balaban J connectivity index is 2.59. The van der Waals surface area contributed by atoms with Crippen molar-refractivity contribution in [1.82, 2.24) is 14.7 Å². The molecular weight excluding hydrogens is 218 g/mol. The molecule has 0 atom stereocenters. The number of aryl methyl sites for hydroxylation is 1. The highest BCUT2D eigenvalue weighted by atomic mass is 16.4. The van der Waals surface area contributed by atoms with Gasteiger partial charge in [0.1, 0.15) is 0 Å². The maximum atomic E-state index is 8.58. The third kappa shape index (κ3) is 4.44. The average Bonchev–Trinajstić information content (AvgIpc) is 2.77. The predicted octanol–water partition coefficient (Wildman–Crippen LogP) is 0.861. The first-order chi connectivity index (χ1) is 8.19. The molecule has 1 heterocycles. The number of oxime groups is 1. The molecule has 3 N–H and O–H groups in total. The summed E-state index contributed by atoms with van der Waals surface area (Å²) in [6.07, 6.45) is 4.91. The van der Waals surface area contributed by atoms with E-state index in [4.69, 9.17) is 10.9 Å². The molecule has 1 aromatic rings. The fourth-order valence-electron chi connectivity index (χ4n) is 1.71. The summed E-state index contributed by atoms with van der Waals surface area (Å²) >= 11 is 0. The van der Waals surface area contributed by atoms with E-state index in [2.05, 4.69) is 29.0 Å². The Kier molecular flexibility index (Phi) is 5.48. The van der Waals surface area contributed by atoms with E-state index in [1.165, 1.54) is 0 Å². The van der Waals surface area contributed by atoms with E-state index in [9.17, 15) is 0 Å². The van der Waals surface area contributed by atoms with Crippen molar-refractivity contribution in [2.45, 2.75) is 33.4 Å². The number of nitrogens with two attached hydrogens (primary N) is 1. The van der Waals surface area contributed by atoms with Crippen LogP contribution in [0.1, 0.15) is 25.8 Å². The molecular formula is C11H21N5O. The minimum absolute atomic E-state index is 0.237.